The lowest BCUT2D eigenvalue weighted by Crippen LogP contribution is -2.41. The fourth-order valence-electron chi connectivity index (χ4n) is 13.1. The molecule has 7 aromatic heterocycles. The number of aliphatic hydroxyl groups excluding tert-OH is 2. The summed E-state index contributed by atoms with van der Waals surface area (Å²) in [6.07, 6.45) is 6.06. The fourth-order valence-corrected chi connectivity index (χ4v) is 15.4. The molecule has 0 aliphatic carbocycles. The van der Waals surface area contributed by atoms with E-state index >= 15 is 0 Å². The number of fused-ring (bicyclic) bond motifs is 6. The Labute approximate surface area is 740 Å². The number of hydrogen-bond acceptors (Lipinski definition) is 13. The minimum Gasteiger partial charge on any atom is -0.389 e. The van der Waals surface area contributed by atoms with Gasteiger partial charge in [-0.2, -0.15) is 18.3 Å². The number of halogens is 9. The van der Waals surface area contributed by atoms with Crippen molar-refractivity contribution in [3.63, 3.8) is 0 Å². The summed E-state index contributed by atoms with van der Waals surface area (Å²) >= 11 is 20.7. The molecule has 0 spiro atoms. The number of carbonyl (C=O) groups excluding carboxylic acids is 1. The highest BCUT2D eigenvalue weighted by atomic mass is 79.9. The molecule has 1 unspecified atom stereocenters. The molecule has 12 aromatic carbocycles. The van der Waals surface area contributed by atoms with Gasteiger partial charge < -0.3 is 31.3 Å². The second kappa shape index (κ2) is 36.9. The van der Waals surface area contributed by atoms with Crippen LogP contribution in [0.2, 0.25) is 0 Å². The molecule has 0 saturated carbocycles. The van der Waals surface area contributed by atoms with Gasteiger partial charge in [0.05, 0.1) is 89.7 Å². The lowest BCUT2D eigenvalue weighted by Gasteiger charge is -2.24. The zero-order chi connectivity index (χ0) is 85.6. The first-order valence-corrected chi connectivity index (χ1v) is 42.0. The standard InChI is InChI=1S/C16H11BrN4.C16H15BrN2O.C15H10BrF3N2O2.2C15H13BrN2O.C14H10BrN3O/c17-12-2-1-3-13(9-12)21-10-18-15-8-11(4-5-16(15)21)14-6-7-19-20-14;1-16(2,20)11-6-7-15-14(8-11)18-10-19(15)13-5-3-4-12(17)9-13;16-10-2-1-3-11(7-10)21-8-20-12-6-9(4-5-13(12)21)14(22,23)15(17,18)19;2*1-10(19)11-5-6-15-14(7-11)17-9-18(15)13-4-2-3-12(16)8-13;15-10-2-1-3-11(7-10)18-8-17-12-6-9(14(16)19)4-5-13(12)18/h1-10H,(H,19,20);3-10,20H,1-2H3;1-8,22-23H;2*2-10,19H,1H3;1-8H,(H2,16,19)/t;;;10-;;/m...1../s1. The van der Waals surface area contributed by atoms with Gasteiger partial charge in [0.2, 0.25) is 5.91 Å². The van der Waals surface area contributed by atoms with Crippen molar-refractivity contribution < 1.29 is 43.5 Å². The Morgan fingerprint density at radius 3 is 0.959 bits per heavy atom. The Morgan fingerprint density at radius 2 is 0.661 bits per heavy atom. The molecule has 2 atom stereocenters. The third kappa shape index (κ3) is 20.0. The molecule has 0 aliphatic heterocycles. The molecule has 610 valence electrons. The number of hydrogen-bond donors (Lipinski definition) is 7. The minimum atomic E-state index is -5.20. The zero-order valence-electron chi connectivity index (χ0n) is 64.5. The van der Waals surface area contributed by atoms with Gasteiger partial charge >= 0.3 is 6.18 Å². The van der Waals surface area contributed by atoms with E-state index in [9.17, 15) is 43.5 Å². The molecule has 0 fully saturated rings. The minimum absolute atomic E-state index is 0.221. The highest BCUT2D eigenvalue weighted by Crippen LogP contribution is 2.39. The molecule has 0 bridgehead atoms. The average molecular weight is 2010 g/mol. The third-order valence-corrected chi connectivity index (χ3v) is 22.4. The van der Waals surface area contributed by atoms with Crippen molar-refractivity contribution in [2.75, 3.05) is 0 Å². The van der Waals surface area contributed by atoms with Crippen molar-refractivity contribution in [2.24, 2.45) is 5.73 Å². The van der Waals surface area contributed by atoms with E-state index in [0.29, 0.717) is 11.1 Å². The summed E-state index contributed by atoms with van der Waals surface area (Å²) in [7, 11) is 0. The number of amides is 1. The number of carbonyl (C=O) groups is 1. The Kier molecular flexibility index (Phi) is 26.2. The maximum Gasteiger partial charge on any atom is 0.447 e. The predicted molar refractivity (Wildman–Crippen MR) is 487 cm³/mol. The van der Waals surface area contributed by atoms with Gasteiger partial charge in [-0.25, -0.2) is 29.9 Å². The summed E-state index contributed by atoms with van der Waals surface area (Å²) in [4.78, 5) is 37.2. The maximum atomic E-state index is 12.7. The molecular weight excluding hydrogens is 1940 g/mol. The Bertz CT molecular complexity index is 6800. The number of benzene rings is 12. The second-order valence-electron chi connectivity index (χ2n) is 28.3. The molecule has 0 aliphatic rings. The van der Waals surface area contributed by atoms with Gasteiger partial charge in [0.1, 0.15) is 38.0 Å². The topological polar surface area (TPSA) is 280 Å². The number of alkyl halides is 3. The smallest absolute Gasteiger partial charge is 0.389 e. The highest BCUT2D eigenvalue weighted by Gasteiger charge is 2.54. The van der Waals surface area contributed by atoms with Crippen LogP contribution in [0.3, 0.4) is 0 Å². The first-order valence-electron chi connectivity index (χ1n) is 37.2. The predicted octanol–water partition coefficient (Wildman–Crippen LogP) is 22.3. The third-order valence-electron chi connectivity index (χ3n) is 19.4. The summed E-state index contributed by atoms with van der Waals surface area (Å²) in [6.45, 7) is 7.07. The Morgan fingerprint density at radius 1 is 0.372 bits per heavy atom. The molecule has 21 nitrogen and oxygen atoms in total. The van der Waals surface area contributed by atoms with E-state index in [2.05, 4.69) is 171 Å². The molecule has 121 heavy (non-hydrogen) atoms. The van der Waals surface area contributed by atoms with E-state index in [1.54, 1.807) is 75.9 Å². The van der Waals surface area contributed by atoms with E-state index in [4.69, 9.17) is 5.73 Å². The number of primary amides is 1. The van der Waals surface area contributed by atoms with E-state index in [1.807, 2.05) is 225 Å². The number of nitrogens with zero attached hydrogens (tertiary/aromatic N) is 13. The summed E-state index contributed by atoms with van der Waals surface area (Å²) in [5, 5.41) is 54.9. The van der Waals surface area contributed by atoms with Crippen LogP contribution in [0.5, 0.6) is 0 Å². The van der Waals surface area contributed by atoms with E-state index in [0.717, 1.165) is 156 Å². The van der Waals surface area contributed by atoms with Crippen molar-refractivity contribution in [1.82, 2.24) is 67.5 Å². The summed E-state index contributed by atoms with van der Waals surface area (Å²) in [6, 6.07) is 82.0. The van der Waals surface area contributed by atoms with Crippen LogP contribution < -0.4 is 5.73 Å². The molecule has 1 amide bonds. The molecule has 30 heteroatoms. The van der Waals surface area contributed by atoms with Crippen molar-refractivity contribution in [3.8, 4) is 45.4 Å². The first kappa shape index (κ1) is 86.0. The lowest BCUT2D eigenvalue weighted by atomic mass is 9.98. The summed E-state index contributed by atoms with van der Waals surface area (Å²) in [5.41, 5.74) is 25.1. The van der Waals surface area contributed by atoms with E-state index in [1.165, 1.54) is 12.4 Å². The van der Waals surface area contributed by atoms with Gasteiger partial charge in [-0.15, -0.1) is 0 Å². The normalized spacial score (nSPS) is 12.0. The molecule has 8 N–H and O–H groups in total. The lowest BCUT2D eigenvalue weighted by molar-refractivity contribution is -0.358. The molecule has 19 aromatic rings. The molecule has 7 heterocycles. The van der Waals surface area contributed by atoms with Gasteiger partial charge in [0, 0.05) is 83.8 Å². The van der Waals surface area contributed by atoms with Gasteiger partial charge in [-0.1, -0.05) is 162 Å². The van der Waals surface area contributed by atoms with Gasteiger partial charge in [-0.3, -0.25) is 37.3 Å². The highest BCUT2D eigenvalue weighted by molar-refractivity contribution is 9.11. The van der Waals surface area contributed by atoms with E-state index in [-0.39, 0.29) is 5.52 Å². The van der Waals surface area contributed by atoms with Crippen molar-refractivity contribution in [3.05, 3.63) is 360 Å². The van der Waals surface area contributed by atoms with Crippen molar-refractivity contribution >= 4 is 168 Å². The number of H-pyrrole nitrogens is 1. The SMILES string of the molecule is Brc1cccc(-n2cnc3cc(-c4ccn[nH]4)ccc32)c1.CC(C)(O)c1ccc2c(c1)ncn2-c1cccc(Br)c1.CC(O)c1ccc2c(c1)ncn2-c1cccc(Br)c1.C[C@@H](O)c1ccc2c(c1)ncn2-c1cccc(Br)c1.NC(=O)c1ccc2c(c1)ncn2-c1cccc(Br)c1.OC(O)(c1ccc2c(c1)ncn2-c1cccc(Br)c1)C(F)(F)F. The number of nitrogens with one attached hydrogen (secondary N) is 1. The number of aromatic nitrogens is 14. The van der Waals surface area contributed by atoms with Gasteiger partial charge in [-0.05, 0) is 239 Å². The molecule has 19 rings (SSSR count). The van der Waals surface area contributed by atoms with Crippen molar-refractivity contribution in [2.45, 2.75) is 57.5 Å². The van der Waals surface area contributed by atoms with Crippen LogP contribution in [-0.2, 0) is 11.4 Å². The monoisotopic (exact) mass is 2000 g/mol. The number of aliphatic hydroxyl groups is 5. The van der Waals surface area contributed by atoms with Crippen LogP contribution in [0.25, 0.3) is 112 Å². The van der Waals surface area contributed by atoms with Crippen LogP contribution in [0.1, 0.15) is 72.5 Å². The Balaban J connectivity index is 0.000000119. The van der Waals surface area contributed by atoms with Gasteiger partial charge in [0.25, 0.3) is 5.79 Å². The molecule has 0 radical (unpaired) electrons. The largest absolute Gasteiger partial charge is 0.447 e. The Hall–Kier alpha value is -11.4. The fraction of sp³-hybridized carbons (Fsp3) is 0.0989. The summed E-state index contributed by atoms with van der Waals surface area (Å²) < 4.78 is 55.9. The number of rotatable bonds is 12. The van der Waals surface area contributed by atoms with Crippen LogP contribution in [-0.4, -0.2) is 105 Å². The quantitative estimate of drug-likeness (QED) is 0.0561. The van der Waals surface area contributed by atoms with Gasteiger partial charge in [0.15, 0.2) is 0 Å². The average Bonchev–Trinajstić information content (AvgIpc) is 1.72. The number of imidazole rings is 6. The van der Waals surface area contributed by atoms with Crippen LogP contribution in [0.15, 0.2) is 332 Å². The van der Waals surface area contributed by atoms with E-state index < -0.39 is 41.2 Å². The summed E-state index contributed by atoms with van der Waals surface area (Å²) in [5.74, 6) is -4.36. The first-order chi connectivity index (χ1) is 57.9. The van der Waals surface area contributed by atoms with Crippen LogP contribution >= 0.6 is 95.6 Å². The number of nitrogens with two attached hydrogens (primary N) is 1. The van der Waals surface area contributed by atoms with Crippen molar-refractivity contribution in [1.29, 1.82) is 0 Å². The maximum absolute atomic E-state index is 12.7. The zero-order valence-corrected chi connectivity index (χ0v) is 74.0. The second-order valence-corrected chi connectivity index (χ2v) is 33.8. The molecular formula is C91H72Br6F3N15O6. The van der Waals surface area contributed by atoms with Crippen LogP contribution in [0.4, 0.5) is 13.2 Å². The van der Waals surface area contributed by atoms with Crippen LogP contribution in [0, 0.1) is 0 Å². The number of aromatic amines is 1. The molecule has 0 saturated heterocycles.